The Bertz CT molecular complexity index is 896. The molecule has 0 aliphatic carbocycles. The van der Waals surface area contributed by atoms with Crippen molar-refractivity contribution in [3.05, 3.63) is 60.3 Å². The number of benzene rings is 2. The summed E-state index contributed by atoms with van der Waals surface area (Å²) in [5.74, 6) is 0. The number of unbranched alkanes of at least 4 members (excludes halogenated alkanes) is 1. The molecule has 2 aromatic carbocycles. The minimum atomic E-state index is -3.58. The highest BCUT2D eigenvalue weighted by molar-refractivity contribution is 7.92. The number of hydrogen-bond acceptors (Lipinski definition) is 2. The van der Waals surface area contributed by atoms with Crippen LogP contribution in [0.2, 0.25) is 0 Å². The maximum Gasteiger partial charge on any atom is 0.261 e. The van der Waals surface area contributed by atoms with Gasteiger partial charge in [-0.05, 0) is 36.6 Å². The third-order valence-electron chi connectivity index (χ3n) is 3.89. The van der Waals surface area contributed by atoms with Gasteiger partial charge < -0.3 is 4.98 Å². The van der Waals surface area contributed by atoms with Gasteiger partial charge in [-0.3, -0.25) is 4.72 Å². The van der Waals surface area contributed by atoms with Gasteiger partial charge in [0.1, 0.15) is 0 Å². The average Bonchev–Trinajstić information content (AvgIpc) is 2.96. The predicted octanol–water partition coefficient (Wildman–Crippen LogP) is 4.31. The van der Waals surface area contributed by atoms with Crippen LogP contribution >= 0.6 is 0 Å². The van der Waals surface area contributed by atoms with Crippen molar-refractivity contribution in [1.29, 1.82) is 0 Å². The number of rotatable bonds is 6. The van der Waals surface area contributed by atoms with Crippen LogP contribution < -0.4 is 4.72 Å². The fourth-order valence-corrected chi connectivity index (χ4v) is 3.65. The summed E-state index contributed by atoms with van der Waals surface area (Å²) >= 11 is 0. The van der Waals surface area contributed by atoms with Gasteiger partial charge in [-0.15, -0.1) is 0 Å². The summed E-state index contributed by atoms with van der Waals surface area (Å²) in [6.45, 7) is 2.14. The summed E-state index contributed by atoms with van der Waals surface area (Å²) in [5.41, 5.74) is 2.63. The lowest BCUT2D eigenvalue weighted by Gasteiger charge is -2.08. The molecule has 1 heterocycles. The van der Waals surface area contributed by atoms with E-state index in [2.05, 4.69) is 16.6 Å². The van der Waals surface area contributed by atoms with Crippen LogP contribution in [0, 0.1) is 0 Å². The Morgan fingerprint density at radius 3 is 2.52 bits per heavy atom. The molecular weight excluding hydrogens is 308 g/mol. The van der Waals surface area contributed by atoms with Crippen molar-refractivity contribution in [2.75, 3.05) is 4.72 Å². The fraction of sp³-hybridized carbons (Fsp3) is 0.222. The molecule has 0 bridgehead atoms. The molecule has 0 amide bonds. The summed E-state index contributed by atoms with van der Waals surface area (Å²) in [4.78, 5) is 3.35. The van der Waals surface area contributed by atoms with Crippen LogP contribution in [0.3, 0.4) is 0 Å². The number of hydrogen-bond donors (Lipinski definition) is 2. The summed E-state index contributed by atoms with van der Waals surface area (Å²) in [6.07, 6.45) is 4.90. The topological polar surface area (TPSA) is 62.0 Å². The van der Waals surface area contributed by atoms with E-state index in [1.54, 1.807) is 18.3 Å². The predicted molar refractivity (Wildman–Crippen MR) is 94.2 cm³/mol. The maximum atomic E-state index is 12.5. The summed E-state index contributed by atoms with van der Waals surface area (Å²) in [7, 11) is -3.58. The SMILES string of the molecule is CCCCc1ccc(S(=O)(=O)Nc2c[nH]c3ccccc23)cc1. The Morgan fingerprint density at radius 2 is 1.78 bits per heavy atom. The Hall–Kier alpha value is -2.27. The van der Waals surface area contributed by atoms with Gasteiger partial charge in [0.05, 0.1) is 10.6 Å². The molecule has 5 heteroatoms. The molecule has 2 N–H and O–H groups in total. The molecule has 120 valence electrons. The molecule has 1 aromatic heterocycles. The van der Waals surface area contributed by atoms with E-state index in [4.69, 9.17) is 0 Å². The lowest BCUT2D eigenvalue weighted by atomic mass is 10.1. The highest BCUT2D eigenvalue weighted by Gasteiger charge is 2.16. The first-order valence-corrected chi connectivity index (χ1v) is 9.26. The zero-order valence-electron chi connectivity index (χ0n) is 13.0. The number of sulfonamides is 1. The number of aryl methyl sites for hydroxylation is 1. The molecule has 0 saturated heterocycles. The molecule has 3 rings (SSSR count). The third-order valence-corrected chi connectivity index (χ3v) is 5.27. The summed E-state index contributed by atoms with van der Waals surface area (Å²) < 4.78 is 27.7. The van der Waals surface area contributed by atoms with Crippen LogP contribution in [0.25, 0.3) is 10.9 Å². The van der Waals surface area contributed by atoms with Gasteiger partial charge in [-0.25, -0.2) is 8.42 Å². The van der Waals surface area contributed by atoms with Crippen molar-refractivity contribution in [3.63, 3.8) is 0 Å². The molecule has 0 spiro atoms. The summed E-state index contributed by atoms with van der Waals surface area (Å²) in [5, 5.41) is 0.857. The molecule has 0 atom stereocenters. The lowest BCUT2D eigenvalue weighted by Crippen LogP contribution is -2.12. The molecule has 0 saturated carbocycles. The van der Waals surface area contributed by atoms with Crippen LogP contribution in [0.1, 0.15) is 25.3 Å². The van der Waals surface area contributed by atoms with E-state index < -0.39 is 10.0 Å². The highest BCUT2D eigenvalue weighted by Crippen LogP contribution is 2.25. The Morgan fingerprint density at radius 1 is 1.04 bits per heavy atom. The normalized spacial score (nSPS) is 11.7. The van der Waals surface area contributed by atoms with Crippen LogP contribution in [0.5, 0.6) is 0 Å². The average molecular weight is 328 g/mol. The van der Waals surface area contributed by atoms with E-state index in [0.717, 1.165) is 35.7 Å². The first-order valence-electron chi connectivity index (χ1n) is 7.78. The first kappa shape index (κ1) is 15.6. The molecular formula is C18H20N2O2S. The van der Waals surface area contributed by atoms with E-state index in [9.17, 15) is 8.42 Å². The fourth-order valence-electron chi connectivity index (χ4n) is 2.58. The Labute approximate surface area is 136 Å². The van der Waals surface area contributed by atoms with Crippen LogP contribution in [0.4, 0.5) is 5.69 Å². The van der Waals surface area contributed by atoms with Crippen molar-refractivity contribution in [1.82, 2.24) is 4.98 Å². The standard InChI is InChI=1S/C18H20N2O2S/c1-2-3-6-14-9-11-15(12-10-14)23(21,22)20-18-13-19-17-8-5-4-7-16(17)18/h4-5,7-13,19-20H,2-3,6H2,1H3. The van der Waals surface area contributed by atoms with Gasteiger partial charge in [0.15, 0.2) is 0 Å². The molecule has 0 radical (unpaired) electrons. The van der Waals surface area contributed by atoms with Gasteiger partial charge in [-0.1, -0.05) is 43.7 Å². The first-order chi connectivity index (χ1) is 11.1. The molecule has 0 aliphatic heterocycles. The van der Waals surface area contributed by atoms with Crippen molar-refractivity contribution >= 4 is 26.6 Å². The number of para-hydroxylation sites is 1. The number of aromatic nitrogens is 1. The number of aromatic amines is 1. The second-order valence-corrected chi connectivity index (χ2v) is 7.28. The Balaban J connectivity index is 1.84. The molecule has 0 aliphatic rings. The monoisotopic (exact) mass is 328 g/mol. The zero-order chi connectivity index (χ0) is 16.3. The number of H-pyrrole nitrogens is 1. The molecule has 23 heavy (non-hydrogen) atoms. The third kappa shape index (κ3) is 3.40. The van der Waals surface area contributed by atoms with E-state index in [0.29, 0.717) is 5.69 Å². The second kappa shape index (κ2) is 6.46. The van der Waals surface area contributed by atoms with Gasteiger partial charge in [-0.2, -0.15) is 0 Å². The van der Waals surface area contributed by atoms with E-state index in [-0.39, 0.29) is 4.90 Å². The maximum absolute atomic E-state index is 12.5. The van der Waals surface area contributed by atoms with Crippen LogP contribution in [0.15, 0.2) is 59.6 Å². The molecule has 0 fully saturated rings. The molecule has 3 aromatic rings. The quantitative estimate of drug-likeness (QED) is 0.708. The van der Waals surface area contributed by atoms with Crippen LogP contribution in [-0.2, 0) is 16.4 Å². The van der Waals surface area contributed by atoms with Crippen molar-refractivity contribution in [2.45, 2.75) is 31.1 Å². The highest BCUT2D eigenvalue weighted by atomic mass is 32.2. The zero-order valence-corrected chi connectivity index (χ0v) is 13.9. The lowest BCUT2D eigenvalue weighted by molar-refractivity contribution is 0.601. The van der Waals surface area contributed by atoms with Crippen molar-refractivity contribution in [3.8, 4) is 0 Å². The minimum Gasteiger partial charge on any atom is -0.359 e. The Kier molecular flexibility index (Phi) is 4.39. The van der Waals surface area contributed by atoms with E-state index in [1.165, 1.54) is 0 Å². The number of anilines is 1. The van der Waals surface area contributed by atoms with Crippen molar-refractivity contribution < 1.29 is 8.42 Å². The van der Waals surface area contributed by atoms with E-state index in [1.807, 2.05) is 36.4 Å². The van der Waals surface area contributed by atoms with Gasteiger partial charge in [0.25, 0.3) is 10.0 Å². The molecule has 4 nitrogen and oxygen atoms in total. The number of fused-ring (bicyclic) bond motifs is 1. The van der Waals surface area contributed by atoms with E-state index >= 15 is 0 Å². The second-order valence-electron chi connectivity index (χ2n) is 5.60. The molecule has 0 unspecified atom stereocenters. The smallest absolute Gasteiger partial charge is 0.261 e. The van der Waals surface area contributed by atoms with Gasteiger partial charge >= 0.3 is 0 Å². The largest absolute Gasteiger partial charge is 0.359 e. The van der Waals surface area contributed by atoms with Gasteiger partial charge in [0, 0.05) is 17.1 Å². The van der Waals surface area contributed by atoms with Gasteiger partial charge in [0.2, 0.25) is 0 Å². The number of nitrogens with one attached hydrogen (secondary N) is 2. The van der Waals surface area contributed by atoms with Crippen LogP contribution in [-0.4, -0.2) is 13.4 Å². The van der Waals surface area contributed by atoms with Crippen molar-refractivity contribution in [2.24, 2.45) is 0 Å². The minimum absolute atomic E-state index is 0.281. The summed E-state index contributed by atoms with van der Waals surface area (Å²) in [6, 6.07) is 14.7.